The third kappa shape index (κ3) is 5.15. The lowest BCUT2D eigenvalue weighted by Gasteiger charge is -2.09. The number of nitrogens with one attached hydrogen (secondary N) is 1. The second-order valence-electron chi connectivity index (χ2n) is 3.12. The summed E-state index contributed by atoms with van der Waals surface area (Å²) in [4.78, 5) is 15.4. The normalized spacial score (nSPS) is 12.4. The topological polar surface area (TPSA) is 62.2 Å². The molecule has 1 heterocycles. The van der Waals surface area contributed by atoms with Crippen LogP contribution in [0.15, 0.2) is 10.9 Å². The molecule has 4 nitrogen and oxygen atoms in total. The second-order valence-corrected chi connectivity index (χ2v) is 4.83. The van der Waals surface area contributed by atoms with Crippen LogP contribution in [0.25, 0.3) is 0 Å². The van der Waals surface area contributed by atoms with Gasteiger partial charge in [-0.2, -0.15) is 0 Å². The van der Waals surface area contributed by atoms with Crippen LogP contribution in [0.1, 0.15) is 12.6 Å². The fraction of sp³-hybridized carbons (Fsp3) is 0.556. The molecule has 1 aromatic heterocycles. The number of aliphatic hydroxyl groups excluding tert-OH is 1. The molecule has 6 heteroatoms. The molecular weight excluding hydrogens is 232 g/mol. The van der Waals surface area contributed by atoms with Crippen molar-refractivity contribution in [2.75, 3.05) is 12.4 Å². The van der Waals surface area contributed by atoms with Crippen LogP contribution in [-0.4, -0.2) is 34.4 Å². The highest BCUT2D eigenvalue weighted by atomic mass is 32.2. The SMILES string of the molecule is CC(CO)NC(=O)CSCc1cscn1. The molecule has 0 aromatic carbocycles. The lowest BCUT2D eigenvalue weighted by molar-refractivity contribution is -0.119. The predicted octanol–water partition coefficient (Wildman–Crippen LogP) is 0.873. The van der Waals surface area contributed by atoms with Gasteiger partial charge in [-0.05, 0) is 6.92 Å². The van der Waals surface area contributed by atoms with E-state index in [0.717, 1.165) is 11.4 Å². The number of carbonyl (C=O) groups is 1. The summed E-state index contributed by atoms with van der Waals surface area (Å²) in [7, 11) is 0. The van der Waals surface area contributed by atoms with Crippen LogP contribution in [0.2, 0.25) is 0 Å². The summed E-state index contributed by atoms with van der Waals surface area (Å²) in [6.45, 7) is 1.74. The van der Waals surface area contributed by atoms with Gasteiger partial charge < -0.3 is 10.4 Å². The molecule has 1 aromatic rings. The van der Waals surface area contributed by atoms with E-state index in [1.54, 1.807) is 23.8 Å². The van der Waals surface area contributed by atoms with Crippen molar-refractivity contribution >= 4 is 29.0 Å². The predicted molar refractivity (Wildman–Crippen MR) is 63.0 cm³/mol. The van der Waals surface area contributed by atoms with Crippen molar-refractivity contribution in [3.8, 4) is 0 Å². The van der Waals surface area contributed by atoms with Gasteiger partial charge >= 0.3 is 0 Å². The Bertz CT molecular complexity index is 290. The van der Waals surface area contributed by atoms with Gasteiger partial charge in [0.05, 0.1) is 23.6 Å². The average Bonchev–Trinajstić information content (AvgIpc) is 2.70. The molecule has 0 aliphatic rings. The summed E-state index contributed by atoms with van der Waals surface area (Å²) in [6, 6.07) is -0.169. The number of aromatic nitrogens is 1. The summed E-state index contributed by atoms with van der Waals surface area (Å²) >= 11 is 3.08. The Labute approximate surface area is 97.1 Å². The number of carbonyl (C=O) groups excluding carboxylic acids is 1. The monoisotopic (exact) mass is 246 g/mol. The molecule has 0 fully saturated rings. The Morgan fingerprint density at radius 3 is 3.20 bits per heavy atom. The summed E-state index contributed by atoms with van der Waals surface area (Å²) < 4.78 is 0. The fourth-order valence-electron chi connectivity index (χ4n) is 0.919. The van der Waals surface area contributed by atoms with Crippen LogP contribution in [0.5, 0.6) is 0 Å². The van der Waals surface area contributed by atoms with Gasteiger partial charge in [0.2, 0.25) is 5.91 Å². The van der Waals surface area contributed by atoms with Gasteiger partial charge in [-0.1, -0.05) is 0 Å². The summed E-state index contributed by atoms with van der Waals surface area (Å²) in [5, 5.41) is 13.4. The first-order chi connectivity index (χ1) is 7.22. The van der Waals surface area contributed by atoms with Gasteiger partial charge in [-0.3, -0.25) is 4.79 Å². The molecule has 2 N–H and O–H groups in total. The third-order valence-corrected chi connectivity index (χ3v) is 3.25. The molecule has 15 heavy (non-hydrogen) atoms. The Morgan fingerprint density at radius 1 is 1.80 bits per heavy atom. The molecule has 0 bridgehead atoms. The van der Waals surface area contributed by atoms with Crippen molar-refractivity contribution in [2.45, 2.75) is 18.7 Å². The van der Waals surface area contributed by atoms with E-state index < -0.39 is 0 Å². The molecule has 0 saturated carbocycles. The standard InChI is InChI=1S/C9H14N2O2S2/c1-7(2-12)11-9(13)5-14-3-8-4-15-6-10-8/h4,6-7,12H,2-3,5H2,1H3,(H,11,13). The minimum absolute atomic E-state index is 0.0253. The minimum atomic E-state index is -0.169. The summed E-state index contributed by atoms with van der Waals surface area (Å²) in [5.74, 6) is 1.11. The summed E-state index contributed by atoms with van der Waals surface area (Å²) in [5.41, 5.74) is 2.79. The zero-order valence-electron chi connectivity index (χ0n) is 8.47. The molecule has 0 radical (unpaired) electrons. The van der Waals surface area contributed by atoms with Crippen molar-refractivity contribution in [2.24, 2.45) is 0 Å². The lowest BCUT2D eigenvalue weighted by atomic mass is 10.4. The van der Waals surface area contributed by atoms with Crippen molar-refractivity contribution in [1.82, 2.24) is 10.3 Å². The molecule has 0 spiro atoms. The molecular formula is C9H14N2O2S2. The van der Waals surface area contributed by atoms with E-state index in [0.29, 0.717) is 5.75 Å². The van der Waals surface area contributed by atoms with Crippen LogP contribution >= 0.6 is 23.1 Å². The quantitative estimate of drug-likeness (QED) is 0.782. The van der Waals surface area contributed by atoms with Gasteiger partial charge in [0.15, 0.2) is 0 Å². The smallest absolute Gasteiger partial charge is 0.230 e. The molecule has 1 unspecified atom stereocenters. The number of hydrogen-bond donors (Lipinski definition) is 2. The Hall–Kier alpha value is -0.590. The minimum Gasteiger partial charge on any atom is -0.394 e. The number of aliphatic hydroxyl groups is 1. The molecule has 1 rings (SSSR count). The highest BCUT2D eigenvalue weighted by molar-refractivity contribution is 7.99. The Balaban J connectivity index is 2.12. The fourth-order valence-corrected chi connectivity index (χ4v) is 2.32. The number of thiazole rings is 1. The van der Waals surface area contributed by atoms with Gasteiger partial charge in [-0.25, -0.2) is 4.98 Å². The maximum Gasteiger partial charge on any atom is 0.230 e. The molecule has 0 aliphatic carbocycles. The number of nitrogens with zero attached hydrogens (tertiary/aromatic N) is 1. The van der Waals surface area contributed by atoms with E-state index in [9.17, 15) is 4.79 Å². The average molecular weight is 246 g/mol. The van der Waals surface area contributed by atoms with Crippen LogP contribution in [0.3, 0.4) is 0 Å². The zero-order chi connectivity index (χ0) is 11.1. The van der Waals surface area contributed by atoms with Crippen molar-refractivity contribution in [3.05, 3.63) is 16.6 Å². The lowest BCUT2D eigenvalue weighted by Crippen LogP contribution is -2.36. The van der Waals surface area contributed by atoms with Crippen LogP contribution < -0.4 is 5.32 Å². The first-order valence-electron chi connectivity index (χ1n) is 4.57. The number of amides is 1. The zero-order valence-corrected chi connectivity index (χ0v) is 10.1. The Morgan fingerprint density at radius 2 is 2.60 bits per heavy atom. The molecule has 1 atom stereocenters. The number of rotatable bonds is 6. The molecule has 1 amide bonds. The summed E-state index contributed by atoms with van der Waals surface area (Å²) in [6.07, 6.45) is 0. The van der Waals surface area contributed by atoms with Crippen LogP contribution in [0, 0.1) is 0 Å². The first kappa shape index (κ1) is 12.5. The van der Waals surface area contributed by atoms with Crippen molar-refractivity contribution < 1.29 is 9.90 Å². The van der Waals surface area contributed by atoms with Gasteiger partial charge in [0.25, 0.3) is 0 Å². The van der Waals surface area contributed by atoms with E-state index in [-0.39, 0.29) is 18.6 Å². The highest BCUT2D eigenvalue weighted by Gasteiger charge is 2.06. The van der Waals surface area contributed by atoms with Gasteiger partial charge in [-0.15, -0.1) is 23.1 Å². The third-order valence-electron chi connectivity index (χ3n) is 1.65. The van der Waals surface area contributed by atoms with E-state index in [2.05, 4.69) is 10.3 Å². The van der Waals surface area contributed by atoms with Crippen molar-refractivity contribution in [1.29, 1.82) is 0 Å². The first-order valence-corrected chi connectivity index (χ1v) is 6.67. The van der Waals surface area contributed by atoms with Crippen molar-refractivity contribution in [3.63, 3.8) is 0 Å². The van der Waals surface area contributed by atoms with Gasteiger partial charge in [0.1, 0.15) is 0 Å². The number of hydrogen-bond acceptors (Lipinski definition) is 5. The number of thioether (sulfide) groups is 1. The van der Waals surface area contributed by atoms with Crippen LogP contribution in [-0.2, 0) is 10.5 Å². The maximum atomic E-state index is 11.3. The van der Waals surface area contributed by atoms with E-state index in [1.165, 1.54) is 11.8 Å². The highest BCUT2D eigenvalue weighted by Crippen LogP contribution is 2.11. The molecule has 0 saturated heterocycles. The maximum absolute atomic E-state index is 11.3. The van der Waals surface area contributed by atoms with Crippen LogP contribution in [0.4, 0.5) is 0 Å². The molecule has 84 valence electrons. The van der Waals surface area contributed by atoms with Gasteiger partial charge in [0, 0.05) is 17.2 Å². The Kier molecular flexibility index (Phi) is 5.67. The van der Waals surface area contributed by atoms with E-state index in [1.807, 2.05) is 5.38 Å². The van der Waals surface area contributed by atoms with E-state index >= 15 is 0 Å². The molecule has 0 aliphatic heterocycles. The largest absolute Gasteiger partial charge is 0.394 e. The second kappa shape index (κ2) is 6.81. The van der Waals surface area contributed by atoms with E-state index in [4.69, 9.17) is 5.11 Å².